The monoisotopic (exact) mass is 233 g/mol. The normalized spacial score (nSPS) is 11.8. The standard InChI is InChI=1S/C14H19NO2/c1-10(2)9-14(17)15(4)11(3)12-7-5-6-8-13(12)16/h5-9,11,16H,1-4H3. The minimum atomic E-state index is -0.153. The smallest absolute Gasteiger partial charge is 0.246 e. The van der Waals surface area contributed by atoms with Crippen molar-refractivity contribution in [2.24, 2.45) is 0 Å². The van der Waals surface area contributed by atoms with Gasteiger partial charge in [-0.25, -0.2) is 0 Å². The molecule has 1 aromatic rings. The molecule has 1 unspecified atom stereocenters. The van der Waals surface area contributed by atoms with E-state index in [2.05, 4.69) is 0 Å². The van der Waals surface area contributed by atoms with E-state index in [-0.39, 0.29) is 17.7 Å². The van der Waals surface area contributed by atoms with Gasteiger partial charge in [-0.1, -0.05) is 23.8 Å². The van der Waals surface area contributed by atoms with Crippen LogP contribution < -0.4 is 0 Å². The van der Waals surface area contributed by atoms with Gasteiger partial charge in [0.15, 0.2) is 0 Å². The summed E-state index contributed by atoms with van der Waals surface area (Å²) in [5, 5.41) is 9.74. The number of aromatic hydroxyl groups is 1. The van der Waals surface area contributed by atoms with Gasteiger partial charge in [-0.3, -0.25) is 4.79 Å². The van der Waals surface area contributed by atoms with E-state index in [0.717, 1.165) is 11.1 Å². The van der Waals surface area contributed by atoms with Crippen LogP contribution in [0.1, 0.15) is 32.4 Å². The van der Waals surface area contributed by atoms with Crippen LogP contribution in [0.25, 0.3) is 0 Å². The Hall–Kier alpha value is -1.77. The summed E-state index contributed by atoms with van der Waals surface area (Å²) in [7, 11) is 1.74. The van der Waals surface area contributed by atoms with Crippen LogP contribution in [-0.4, -0.2) is 23.0 Å². The van der Waals surface area contributed by atoms with Gasteiger partial charge in [0.25, 0.3) is 0 Å². The average Bonchev–Trinajstić information content (AvgIpc) is 2.27. The summed E-state index contributed by atoms with van der Waals surface area (Å²) in [5.41, 5.74) is 1.72. The lowest BCUT2D eigenvalue weighted by molar-refractivity contribution is -0.126. The van der Waals surface area contributed by atoms with E-state index in [4.69, 9.17) is 0 Å². The molecule has 1 N–H and O–H groups in total. The Kier molecular flexibility index (Phi) is 4.32. The molecule has 0 aliphatic carbocycles. The Morgan fingerprint density at radius 2 is 1.94 bits per heavy atom. The predicted molar refractivity (Wildman–Crippen MR) is 68.7 cm³/mol. The highest BCUT2D eigenvalue weighted by Gasteiger charge is 2.17. The number of carbonyl (C=O) groups is 1. The zero-order valence-corrected chi connectivity index (χ0v) is 10.8. The van der Waals surface area contributed by atoms with Gasteiger partial charge >= 0.3 is 0 Å². The SMILES string of the molecule is CC(C)=CC(=O)N(C)C(C)c1ccccc1O. The highest BCUT2D eigenvalue weighted by molar-refractivity contribution is 5.88. The minimum Gasteiger partial charge on any atom is -0.508 e. The molecule has 92 valence electrons. The second kappa shape index (κ2) is 5.53. The summed E-state index contributed by atoms with van der Waals surface area (Å²) in [6.45, 7) is 5.67. The summed E-state index contributed by atoms with van der Waals surface area (Å²) >= 11 is 0. The largest absolute Gasteiger partial charge is 0.508 e. The fraction of sp³-hybridized carbons (Fsp3) is 0.357. The van der Waals surface area contributed by atoms with Crippen molar-refractivity contribution < 1.29 is 9.90 Å². The van der Waals surface area contributed by atoms with Crippen molar-refractivity contribution in [2.45, 2.75) is 26.8 Å². The number of carbonyl (C=O) groups excluding carboxylic acids is 1. The summed E-state index contributed by atoms with van der Waals surface area (Å²) < 4.78 is 0. The summed E-state index contributed by atoms with van der Waals surface area (Å²) in [5.74, 6) is 0.164. The zero-order valence-electron chi connectivity index (χ0n) is 10.8. The number of phenols is 1. The van der Waals surface area contributed by atoms with E-state index in [1.165, 1.54) is 0 Å². The Labute approximate surface area is 102 Å². The lowest BCUT2D eigenvalue weighted by Gasteiger charge is -2.24. The fourth-order valence-electron chi connectivity index (χ4n) is 1.59. The van der Waals surface area contributed by atoms with Gasteiger partial charge in [0, 0.05) is 18.7 Å². The zero-order chi connectivity index (χ0) is 13.0. The summed E-state index contributed by atoms with van der Waals surface area (Å²) in [6, 6.07) is 6.92. The van der Waals surface area contributed by atoms with Crippen molar-refractivity contribution in [2.75, 3.05) is 7.05 Å². The molecular formula is C14H19NO2. The Morgan fingerprint density at radius 1 is 1.35 bits per heavy atom. The number of hydrogen-bond acceptors (Lipinski definition) is 2. The topological polar surface area (TPSA) is 40.5 Å². The number of allylic oxidation sites excluding steroid dienone is 1. The molecular weight excluding hydrogens is 214 g/mol. The van der Waals surface area contributed by atoms with Crippen molar-refractivity contribution in [1.82, 2.24) is 4.90 Å². The van der Waals surface area contributed by atoms with Gasteiger partial charge in [0.05, 0.1) is 6.04 Å². The number of rotatable bonds is 3. The third-order valence-electron chi connectivity index (χ3n) is 2.73. The maximum Gasteiger partial charge on any atom is 0.246 e. The van der Waals surface area contributed by atoms with E-state index in [9.17, 15) is 9.90 Å². The van der Waals surface area contributed by atoms with Crippen LogP contribution in [0.15, 0.2) is 35.9 Å². The van der Waals surface area contributed by atoms with Crippen LogP contribution in [-0.2, 0) is 4.79 Å². The van der Waals surface area contributed by atoms with Gasteiger partial charge in [0.1, 0.15) is 5.75 Å². The molecule has 1 aromatic carbocycles. The summed E-state index contributed by atoms with van der Waals surface area (Å²) in [6.07, 6.45) is 1.59. The molecule has 17 heavy (non-hydrogen) atoms. The fourth-order valence-corrected chi connectivity index (χ4v) is 1.59. The molecule has 3 heteroatoms. The molecule has 0 fully saturated rings. The first-order valence-corrected chi connectivity index (χ1v) is 5.63. The highest BCUT2D eigenvalue weighted by atomic mass is 16.3. The van der Waals surface area contributed by atoms with Gasteiger partial charge in [0.2, 0.25) is 5.91 Å². The van der Waals surface area contributed by atoms with E-state index < -0.39 is 0 Å². The van der Waals surface area contributed by atoms with Crippen molar-refractivity contribution in [3.8, 4) is 5.75 Å². The van der Waals surface area contributed by atoms with E-state index in [0.29, 0.717) is 0 Å². The van der Waals surface area contributed by atoms with Crippen LogP contribution in [0.5, 0.6) is 5.75 Å². The van der Waals surface area contributed by atoms with Crippen LogP contribution >= 0.6 is 0 Å². The maximum absolute atomic E-state index is 11.8. The van der Waals surface area contributed by atoms with Gasteiger partial charge < -0.3 is 10.0 Å². The molecule has 0 spiro atoms. The molecule has 0 aliphatic heterocycles. The second-order valence-electron chi connectivity index (χ2n) is 4.41. The van der Waals surface area contributed by atoms with Crippen LogP contribution in [0.3, 0.4) is 0 Å². The molecule has 0 saturated carbocycles. The first-order chi connectivity index (χ1) is 7.93. The highest BCUT2D eigenvalue weighted by Crippen LogP contribution is 2.27. The summed E-state index contributed by atoms with van der Waals surface area (Å²) in [4.78, 5) is 13.5. The first kappa shape index (κ1) is 13.3. The van der Waals surface area contributed by atoms with Crippen LogP contribution in [0, 0.1) is 0 Å². The maximum atomic E-state index is 11.8. The molecule has 0 aromatic heterocycles. The van der Waals surface area contributed by atoms with E-state index in [1.54, 1.807) is 30.2 Å². The molecule has 0 heterocycles. The minimum absolute atomic E-state index is 0.0549. The molecule has 3 nitrogen and oxygen atoms in total. The van der Waals surface area contributed by atoms with Crippen molar-refractivity contribution in [1.29, 1.82) is 0 Å². The predicted octanol–water partition coefficient (Wildman–Crippen LogP) is 2.88. The van der Waals surface area contributed by atoms with Crippen molar-refractivity contribution >= 4 is 5.91 Å². The van der Waals surface area contributed by atoms with Gasteiger partial charge in [-0.15, -0.1) is 0 Å². The molecule has 0 bridgehead atoms. The van der Waals surface area contributed by atoms with Gasteiger partial charge in [-0.05, 0) is 26.8 Å². The number of phenolic OH excluding ortho intramolecular Hbond substituents is 1. The van der Waals surface area contributed by atoms with Crippen molar-refractivity contribution in [3.63, 3.8) is 0 Å². The Bertz CT molecular complexity index is 434. The number of hydrogen-bond donors (Lipinski definition) is 1. The average molecular weight is 233 g/mol. The molecule has 0 aliphatic rings. The Balaban J connectivity index is 2.91. The number of amides is 1. The number of likely N-dealkylation sites (N-methyl/N-ethyl adjacent to an activating group) is 1. The number of para-hydroxylation sites is 1. The van der Waals surface area contributed by atoms with Crippen LogP contribution in [0.2, 0.25) is 0 Å². The third-order valence-corrected chi connectivity index (χ3v) is 2.73. The number of nitrogens with zero attached hydrogens (tertiary/aromatic N) is 1. The molecule has 1 amide bonds. The second-order valence-corrected chi connectivity index (χ2v) is 4.41. The van der Waals surface area contributed by atoms with Crippen molar-refractivity contribution in [3.05, 3.63) is 41.5 Å². The third kappa shape index (κ3) is 3.34. The lowest BCUT2D eigenvalue weighted by atomic mass is 10.1. The van der Waals surface area contributed by atoms with Crippen LogP contribution in [0.4, 0.5) is 0 Å². The number of benzene rings is 1. The molecule has 1 atom stereocenters. The quantitative estimate of drug-likeness (QED) is 0.815. The lowest BCUT2D eigenvalue weighted by Crippen LogP contribution is -2.28. The molecule has 0 saturated heterocycles. The molecule has 1 rings (SSSR count). The molecule has 0 radical (unpaired) electrons. The van der Waals surface area contributed by atoms with Gasteiger partial charge in [-0.2, -0.15) is 0 Å². The first-order valence-electron chi connectivity index (χ1n) is 5.63. The Morgan fingerprint density at radius 3 is 2.47 bits per heavy atom. The van der Waals surface area contributed by atoms with E-state index >= 15 is 0 Å². The van der Waals surface area contributed by atoms with E-state index in [1.807, 2.05) is 32.9 Å².